The molecule has 1 amide bonds. The van der Waals surface area contributed by atoms with Crippen molar-refractivity contribution in [3.05, 3.63) is 0 Å². The third-order valence-electron chi connectivity index (χ3n) is 0.407. The van der Waals surface area contributed by atoms with Gasteiger partial charge in [0.1, 0.15) is 0 Å². The van der Waals surface area contributed by atoms with Gasteiger partial charge in [0, 0.05) is 6.04 Å². The molecule has 0 heterocycles. The molecule has 0 aromatic carbocycles. The number of carbonyl (C=O) groups excluding carboxylic acids is 1. The van der Waals surface area contributed by atoms with Crippen molar-refractivity contribution < 1.29 is 9.90 Å². The van der Waals surface area contributed by atoms with Crippen molar-refractivity contribution in [2.24, 2.45) is 0 Å². The summed E-state index contributed by atoms with van der Waals surface area (Å²) in [7, 11) is 0. The number of rotatable bonds is 1. The summed E-state index contributed by atoms with van der Waals surface area (Å²) in [6.45, 7) is 3.46. The number of carbonyl (C=O) groups is 1. The summed E-state index contributed by atoms with van der Waals surface area (Å²) in [6.07, 6.45) is -1.21. The van der Waals surface area contributed by atoms with E-state index in [-0.39, 0.29) is 6.04 Å². The maximum absolute atomic E-state index is 9.59. The molecule has 3 heteroatoms. The fourth-order valence-electron chi connectivity index (χ4n) is 0.236. The number of hydrogen-bond acceptors (Lipinski definition) is 1. The van der Waals surface area contributed by atoms with Crippen molar-refractivity contribution >= 4 is 6.09 Å². The first-order chi connectivity index (χ1) is 3.13. The molecule has 0 spiro atoms. The van der Waals surface area contributed by atoms with Crippen LogP contribution in [0, 0.1) is 0 Å². The molecule has 1 N–H and O–H groups in total. The maximum atomic E-state index is 9.59. The molecule has 41 valence electrons. The molecule has 3 nitrogen and oxygen atoms in total. The van der Waals surface area contributed by atoms with Crippen LogP contribution in [0.4, 0.5) is 4.79 Å². The molecule has 7 heavy (non-hydrogen) atoms. The summed E-state index contributed by atoms with van der Waals surface area (Å²) in [5, 5.41) is 11.7. The molecule has 0 bridgehead atoms. The van der Waals surface area contributed by atoms with Gasteiger partial charge in [-0.2, -0.15) is 0 Å². The summed E-state index contributed by atoms with van der Waals surface area (Å²) in [5.74, 6) is 0. The number of amides is 1. The highest BCUT2D eigenvalue weighted by atomic mass is 16.4. The van der Waals surface area contributed by atoms with E-state index in [4.69, 9.17) is 0 Å². The monoisotopic (exact) mass is 102 g/mol. The van der Waals surface area contributed by atoms with Crippen LogP contribution in [0.3, 0.4) is 0 Å². The van der Waals surface area contributed by atoms with Crippen molar-refractivity contribution in [3.8, 4) is 0 Å². The van der Waals surface area contributed by atoms with Gasteiger partial charge in [-0.1, -0.05) is 0 Å². The van der Waals surface area contributed by atoms with E-state index in [1.807, 2.05) is 0 Å². The minimum Gasteiger partial charge on any atom is -0.316 e. The van der Waals surface area contributed by atoms with Crippen molar-refractivity contribution in [3.63, 3.8) is 0 Å². The lowest BCUT2D eigenvalue weighted by Crippen LogP contribution is -2.27. The van der Waals surface area contributed by atoms with Crippen molar-refractivity contribution in [1.82, 2.24) is 5.32 Å². The Morgan fingerprint density at radius 1 is 1.57 bits per heavy atom. The zero-order valence-electron chi connectivity index (χ0n) is 4.39. The van der Waals surface area contributed by atoms with E-state index in [1.165, 1.54) is 0 Å². The van der Waals surface area contributed by atoms with Crippen LogP contribution in [0.1, 0.15) is 13.8 Å². The SMILES string of the molecule is CC(C)NC([O])=O. The van der Waals surface area contributed by atoms with Crippen LogP contribution < -0.4 is 5.32 Å². The average molecular weight is 102 g/mol. The molecule has 1 radical (unpaired) electrons. The summed E-state index contributed by atoms with van der Waals surface area (Å²) in [6, 6.07) is -0.0370. The van der Waals surface area contributed by atoms with Crippen LogP contribution in [0.25, 0.3) is 0 Å². The Hall–Kier alpha value is -0.730. The van der Waals surface area contributed by atoms with E-state index in [9.17, 15) is 9.90 Å². The molecule has 0 aromatic heterocycles. The van der Waals surface area contributed by atoms with E-state index < -0.39 is 6.09 Å². The maximum Gasteiger partial charge on any atom is 0.450 e. The molecule has 0 unspecified atom stereocenters. The zero-order chi connectivity index (χ0) is 5.86. The molecular weight excluding hydrogens is 94.0 g/mol. The second-order valence-corrected chi connectivity index (χ2v) is 1.59. The third-order valence-corrected chi connectivity index (χ3v) is 0.407. The third kappa shape index (κ3) is 5.27. The molecule has 0 rings (SSSR count). The number of hydrogen-bond donors (Lipinski definition) is 1. The van der Waals surface area contributed by atoms with E-state index >= 15 is 0 Å². The van der Waals surface area contributed by atoms with Gasteiger partial charge in [-0.3, -0.25) is 0 Å². The molecule has 0 atom stereocenters. The van der Waals surface area contributed by atoms with Crippen LogP contribution in [0.15, 0.2) is 0 Å². The Bertz CT molecular complexity index is 70.1. The van der Waals surface area contributed by atoms with Gasteiger partial charge < -0.3 is 5.32 Å². The highest BCUT2D eigenvalue weighted by molar-refractivity contribution is 5.64. The summed E-state index contributed by atoms with van der Waals surface area (Å²) >= 11 is 0. The van der Waals surface area contributed by atoms with Gasteiger partial charge >= 0.3 is 6.09 Å². The normalized spacial score (nSPS) is 9.00. The summed E-state index contributed by atoms with van der Waals surface area (Å²) < 4.78 is 0. The Balaban J connectivity index is 3.13. The van der Waals surface area contributed by atoms with Gasteiger partial charge in [0.05, 0.1) is 0 Å². The lowest BCUT2D eigenvalue weighted by atomic mass is 10.4. The van der Waals surface area contributed by atoms with Crippen molar-refractivity contribution in [2.45, 2.75) is 19.9 Å². The van der Waals surface area contributed by atoms with Crippen LogP contribution in [-0.2, 0) is 5.11 Å². The molecule has 0 aliphatic carbocycles. The van der Waals surface area contributed by atoms with Gasteiger partial charge in [0.15, 0.2) is 0 Å². The van der Waals surface area contributed by atoms with E-state index in [2.05, 4.69) is 5.32 Å². The molecule has 0 aliphatic heterocycles. The smallest absolute Gasteiger partial charge is 0.316 e. The summed E-state index contributed by atoms with van der Waals surface area (Å²) in [5.41, 5.74) is 0. The predicted octanol–water partition coefficient (Wildman–Crippen LogP) is 0.535. The van der Waals surface area contributed by atoms with E-state index in [0.29, 0.717) is 0 Å². The van der Waals surface area contributed by atoms with Crippen LogP contribution in [0.5, 0.6) is 0 Å². The number of nitrogens with one attached hydrogen (secondary N) is 1. The first kappa shape index (κ1) is 6.27. The molecule has 0 fully saturated rings. The Morgan fingerprint density at radius 2 is 2.00 bits per heavy atom. The largest absolute Gasteiger partial charge is 0.450 e. The van der Waals surface area contributed by atoms with Crippen LogP contribution >= 0.6 is 0 Å². The topological polar surface area (TPSA) is 49.0 Å². The van der Waals surface area contributed by atoms with Crippen molar-refractivity contribution in [1.29, 1.82) is 0 Å². The second-order valence-electron chi connectivity index (χ2n) is 1.59. The van der Waals surface area contributed by atoms with Crippen LogP contribution in [0.2, 0.25) is 0 Å². The zero-order valence-corrected chi connectivity index (χ0v) is 4.39. The quantitative estimate of drug-likeness (QED) is 0.516. The molecule has 0 saturated carbocycles. The van der Waals surface area contributed by atoms with Gasteiger partial charge in [-0.05, 0) is 13.8 Å². The predicted molar refractivity (Wildman–Crippen MR) is 24.4 cm³/mol. The highest BCUT2D eigenvalue weighted by Gasteiger charge is 1.97. The van der Waals surface area contributed by atoms with Gasteiger partial charge in [0.2, 0.25) is 0 Å². The minimum absolute atomic E-state index is 0.0370. The Kier molecular flexibility index (Phi) is 2.19. The minimum atomic E-state index is -1.21. The highest BCUT2D eigenvalue weighted by Crippen LogP contribution is 1.73. The second kappa shape index (κ2) is 2.44. The Morgan fingerprint density at radius 3 is 2.00 bits per heavy atom. The Labute approximate surface area is 42.3 Å². The molecule has 0 aliphatic rings. The fraction of sp³-hybridized carbons (Fsp3) is 0.750. The van der Waals surface area contributed by atoms with Gasteiger partial charge in [0.25, 0.3) is 0 Å². The molecule has 0 saturated heterocycles. The van der Waals surface area contributed by atoms with Gasteiger partial charge in [-0.15, -0.1) is 0 Å². The average Bonchev–Trinajstić information content (AvgIpc) is 1.27. The first-order valence-electron chi connectivity index (χ1n) is 2.10. The van der Waals surface area contributed by atoms with E-state index in [1.54, 1.807) is 13.8 Å². The van der Waals surface area contributed by atoms with E-state index in [0.717, 1.165) is 0 Å². The van der Waals surface area contributed by atoms with Crippen LogP contribution in [-0.4, -0.2) is 12.1 Å². The lowest BCUT2D eigenvalue weighted by molar-refractivity contribution is 0.166. The van der Waals surface area contributed by atoms with Gasteiger partial charge in [-0.25, -0.2) is 9.90 Å². The first-order valence-corrected chi connectivity index (χ1v) is 2.10. The van der Waals surface area contributed by atoms with Crippen molar-refractivity contribution in [2.75, 3.05) is 0 Å². The lowest BCUT2D eigenvalue weighted by Gasteiger charge is -1.98. The summed E-state index contributed by atoms with van der Waals surface area (Å²) in [4.78, 5) is 9.59. The standard InChI is InChI=1S/C4H8NO2/c1-3(2)5-4(6)7/h3,5H,1-2H3. The molecule has 0 aromatic rings. The fourth-order valence-corrected chi connectivity index (χ4v) is 0.236. The molecular formula is C4H8NO2.